The summed E-state index contributed by atoms with van der Waals surface area (Å²) in [5, 5.41) is 22.0. The van der Waals surface area contributed by atoms with Gasteiger partial charge in [0.05, 0.1) is 11.6 Å². The van der Waals surface area contributed by atoms with Gasteiger partial charge in [0.2, 0.25) is 0 Å². The lowest BCUT2D eigenvalue weighted by molar-refractivity contribution is -0.112. The Balaban J connectivity index is 2.32. The molecular formula is C20H19ClN2O3. The fraction of sp³-hybridized carbons (Fsp3) is 0.200. The number of phenols is 1. The number of nitrogens with one attached hydrogen (secondary N) is 1. The minimum absolute atomic E-state index is 0.0780. The van der Waals surface area contributed by atoms with Crippen LogP contribution in [0, 0.1) is 25.2 Å². The third-order valence-corrected chi connectivity index (χ3v) is 3.94. The third kappa shape index (κ3) is 4.56. The Morgan fingerprint density at radius 1 is 1.35 bits per heavy atom. The number of nitriles is 1. The van der Waals surface area contributed by atoms with Crippen LogP contribution in [0.2, 0.25) is 5.02 Å². The lowest BCUT2D eigenvalue weighted by Gasteiger charge is -2.10. The first kappa shape index (κ1) is 19.4. The number of carbonyl (C=O) groups excluding carboxylic acids is 1. The summed E-state index contributed by atoms with van der Waals surface area (Å²) in [6, 6.07) is 10.5. The molecule has 2 N–H and O–H groups in total. The summed E-state index contributed by atoms with van der Waals surface area (Å²) >= 11 is 5.98. The molecule has 0 aliphatic heterocycles. The largest absolute Gasteiger partial charge is 0.503 e. The van der Waals surface area contributed by atoms with Crippen molar-refractivity contribution in [1.82, 2.24) is 0 Å². The Kier molecular flexibility index (Phi) is 6.26. The topological polar surface area (TPSA) is 82.3 Å². The first-order valence-corrected chi connectivity index (χ1v) is 8.39. The molecule has 134 valence electrons. The van der Waals surface area contributed by atoms with Crippen LogP contribution < -0.4 is 10.1 Å². The number of anilines is 1. The average molecular weight is 371 g/mol. The zero-order chi connectivity index (χ0) is 19.3. The Morgan fingerprint density at radius 3 is 2.69 bits per heavy atom. The molecule has 0 aliphatic rings. The van der Waals surface area contributed by atoms with Gasteiger partial charge in [0, 0.05) is 5.69 Å². The molecule has 2 aromatic carbocycles. The van der Waals surface area contributed by atoms with Crippen LogP contribution in [0.1, 0.15) is 23.6 Å². The van der Waals surface area contributed by atoms with Gasteiger partial charge in [-0.1, -0.05) is 29.3 Å². The standard InChI is InChI=1S/C20H19ClN2O3/c1-4-26-18-10-14(9-16(21)19(18)24)8-15(11-22)20(25)23-17-6-5-12(2)7-13(17)3/h5-10,24H,4H2,1-3H3,(H,23,25)/b15-8+. The molecule has 0 saturated heterocycles. The van der Waals surface area contributed by atoms with Gasteiger partial charge in [-0.15, -0.1) is 0 Å². The predicted molar refractivity (Wildman–Crippen MR) is 102 cm³/mol. The summed E-state index contributed by atoms with van der Waals surface area (Å²) in [5.41, 5.74) is 3.01. The molecule has 0 bridgehead atoms. The summed E-state index contributed by atoms with van der Waals surface area (Å²) in [4.78, 5) is 12.4. The van der Waals surface area contributed by atoms with E-state index in [1.54, 1.807) is 13.0 Å². The second kappa shape index (κ2) is 8.41. The highest BCUT2D eigenvalue weighted by atomic mass is 35.5. The molecule has 0 aliphatic carbocycles. The van der Waals surface area contributed by atoms with Gasteiger partial charge in [-0.2, -0.15) is 5.26 Å². The SMILES string of the molecule is CCOc1cc(/C=C(\C#N)C(=O)Nc2ccc(C)cc2C)cc(Cl)c1O. The second-order valence-electron chi connectivity index (χ2n) is 5.72. The number of amides is 1. The zero-order valence-corrected chi connectivity index (χ0v) is 15.5. The van der Waals surface area contributed by atoms with Crippen LogP contribution in [0.3, 0.4) is 0 Å². The van der Waals surface area contributed by atoms with E-state index in [-0.39, 0.29) is 22.1 Å². The molecule has 2 rings (SSSR count). The van der Waals surface area contributed by atoms with E-state index in [0.717, 1.165) is 11.1 Å². The van der Waals surface area contributed by atoms with E-state index in [0.29, 0.717) is 17.9 Å². The molecule has 0 unspecified atom stereocenters. The molecule has 0 radical (unpaired) electrons. The van der Waals surface area contributed by atoms with Gasteiger partial charge in [0.25, 0.3) is 5.91 Å². The number of aryl methyl sites for hydroxylation is 2. The minimum atomic E-state index is -0.526. The fourth-order valence-corrected chi connectivity index (χ4v) is 2.62. The van der Waals surface area contributed by atoms with Crippen LogP contribution in [0.5, 0.6) is 11.5 Å². The van der Waals surface area contributed by atoms with E-state index < -0.39 is 5.91 Å². The van der Waals surface area contributed by atoms with E-state index in [4.69, 9.17) is 16.3 Å². The van der Waals surface area contributed by atoms with Crippen molar-refractivity contribution in [2.45, 2.75) is 20.8 Å². The number of carbonyl (C=O) groups is 1. The molecule has 0 spiro atoms. The molecule has 0 fully saturated rings. The zero-order valence-electron chi connectivity index (χ0n) is 14.8. The highest BCUT2D eigenvalue weighted by Crippen LogP contribution is 2.35. The first-order valence-electron chi connectivity index (χ1n) is 8.01. The van der Waals surface area contributed by atoms with Crippen LogP contribution in [-0.4, -0.2) is 17.6 Å². The van der Waals surface area contributed by atoms with Crippen molar-refractivity contribution < 1.29 is 14.6 Å². The number of ether oxygens (including phenoxy) is 1. The number of hydrogen-bond donors (Lipinski definition) is 2. The van der Waals surface area contributed by atoms with E-state index >= 15 is 0 Å². The van der Waals surface area contributed by atoms with Crippen LogP contribution >= 0.6 is 11.6 Å². The summed E-state index contributed by atoms with van der Waals surface area (Å²) in [6.07, 6.45) is 1.40. The maximum Gasteiger partial charge on any atom is 0.266 e. The maximum absolute atomic E-state index is 12.4. The van der Waals surface area contributed by atoms with Crippen molar-refractivity contribution >= 4 is 29.3 Å². The molecule has 0 atom stereocenters. The van der Waals surface area contributed by atoms with E-state index in [1.165, 1.54) is 18.2 Å². The Labute approximate surface area is 157 Å². The van der Waals surface area contributed by atoms with E-state index in [9.17, 15) is 15.2 Å². The molecule has 0 saturated carbocycles. The van der Waals surface area contributed by atoms with Crippen LogP contribution in [0.15, 0.2) is 35.9 Å². The van der Waals surface area contributed by atoms with Gasteiger partial charge in [-0.05, 0) is 56.2 Å². The monoisotopic (exact) mass is 370 g/mol. The van der Waals surface area contributed by atoms with Crippen molar-refractivity contribution in [3.05, 3.63) is 57.6 Å². The predicted octanol–water partition coefficient (Wildman–Crippen LogP) is 4.61. The molecular weight excluding hydrogens is 352 g/mol. The second-order valence-corrected chi connectivity index (χ2v) is 6.13. The average Bonchev–Trinajstić information content (AvgIpc) is 2.59. The Hall–Kier alpha value is -2.97. The molecule has 0 heterocycles. The van der Waals surface area contributed by atoms with E-state index in [1.807, 2.05) is 32.0 Å². The van der Waals surface area contributed by atoms with Gasteiger partial charge < -0.3 is 15.2 Å². The Morgan fingerprint density at radius 2 is 2.08 bits per heavy atom. The number of rotatable bonds is 5. The van der Waals surface area contributed by atoms with Crippen molar-refractivity contribution in [1.29, 1.82) is 5.26 Å². The molecule has 0 aromatic heterocycles. The van der Waals surface area contributed by atoms with Crippen LogP contribution in [0.25, 0.3) is 6.08 Å². The number of halogens is 1. The summed E-state index contributed by atoms with van der Waals surface area (Å²) in [6.45, 7) is 5.96. The number of hydrogen-bond acceptors (Lipinski definition) is 4. The number of phenolic OH excluding ortho intramolecular Hbond substituents is 1. The molecule has 2 aromatic rings. The van der Waals surface area contributed by atoms with Gasteiger partial charge >= 0.3 is 0 Å². The molecule has 5 nitrogen and oxygen atoms in total. The first-order chi connectivity index (χ1) is 12.3. The van der Waals surface area contributed by atoms with Gasteiger partial charge in [-0.3, -0.25) is 4.79 Å². The summed E-state index contributed by atoms with van der Waals surface area (Å²) in [5.74, 6) is -0.510. The number of benzene rings is 2. The molecule has 1 amide bonds. The van der Waals surface area contributed by atoms with Gasteiger partial charge in [-0.25, -0.2) is 0 Å². The third-order valence-electron chi connectivity index (χ3n) is 3.66. The van der Waals surface area contributed by atoms with Crippen LogP contribution in [-0.2, 0) is 4.79 Å². The van der Waals surface area contributed by atoms with Crippen molar-refractivity contribution in [2.75, 3.05) is 11.9 Å². The quantitative estimate of drug-likeness (QED) is 0.594. The van der Waals surface area contributed by atoms with Gasteiger partial charge in [0.15, 0.2) is 11.5 Å². The fourth-order valence-electron chi connectivity index (χ4n) is 2.40. The van der Waals surface area contributed by atoms with Crippen molar-refractivity contribution in [3.8, 4) is 17.6 Å². The van der Waals surface area contributed by atoms with Crippen molar-refractivity contribution in [3.63, 3.8) is 0 Å². The lowest BCUT2D eigenvalue weighted by Crippen LogP contribution is -2.14. The van der Waals surface area contributed by atoms with Crippen LogP contribution in [0.4, 0.5) is 5.69 Å². The van der Waals surface area contributed by atoms with Gasteiger partial charge in [0.1, 0.15) is 11.6 Å². The summed E-state index contributed by atoms with van der Waals surface area (Å²) < 4.78 is 5.31. The number of nitrogens with zero attached hydrogens (tertiary/aromatic N) is 1. The molecule has 26 heavy (non-hydrogen) atoms. The smallest absolute Gasteiger partial charge is 0.266 e. The highest BCUT2D eigenvalue weighted by molar-refractivity contribution is 6.32. The normalized spacial score (nSPS) is 11.0. The lowest BCUT2D eigenvalue weighted by atomic mass is 10.1. The minimum Gasteiger partial charge on any atom is -0.503 e. The maximum atomic E-state index is 12.4. The van der Waals surface area contributed by atoms with Crippen molar-refractivity contribution in [2.24, 2.45) is 0 Å². The molecule has 6 heteroatoms. The van der Waals surface area contributed by atoms with E-state index in [2.05, 4.69) is 5.32 Å². The number of aromatic hydroxyl groups is 1. The Bertz CT molecular complexity index is 914. The summed E-state index contributed by atoms with van der Waals surface area (Å²) in [7, 11) is 0. The highest BCUT2D eigenvalue weighted by Gasteiger charge is 2.13.